The lowest BCUT2D eigenvalue weighted by Crippen LogP contribution is -2.16. The molecule has 1 aromatic carbocycles. The SMILES string of the molecule is O=C(O[C@H](c1ccccc1)c1ccccn1)c1c[nH]c(=O)c(Cl)c1. The molecule has 0 aliphatic rings. The minimum Gasteiger partial charge on any atom is -0.447 e. The van der Waals surface area contributed by atoms with E-state index in [1.54, 1.807) is 18.3 Å². The zero-order chi connectivity index (χ0) is 16.9. The van der Waals surface area contributed by atoms with Gasteiger partial charge in [-0.05, 0) is 23.8 Å². The molecule has 0 saturated carbocycles. The highest BCUT2D eigenvalue weighted by Gasteiger charge is 2.21. The number of nitrogens with one attached hydrogen (secondary N) is 1. The molecule has 0 radical (unpaired) electrons. The monoisotopic (exact) mass is 340 g/mol. The molecule has 120 valence electrons. The van der Waals surface area contributed by atoms with Crippen LogP contribution in [0, 0.1) is 0 Å². The lowest BCUT2D eigenvalue weighted by molar-refractivity contribution is 0.0370. The number of nitrogens with zero attached hydrogens (tertiary/aromatic N) is 1. The quantitative estimate of drug-likeness (QED) is 0.739. The highest BCUT2D eigenvalue weighted by atomic mass is 35.5. The third-order valence-electron chi connectivity index (χ3n) is 3.38. The van der Waals surface area contributed by atoms with Gasteiger partial charge >= 0.3 is 5.97 Å². The summed E-state index contributed by atoms with van der Waals surface area (Å²) in [5, 5.41) is -0.0708. The molecule has 1 atom stereocenters. The van der Waals surface area contributed by atoms with Crippen molar-refractivity contribution in [2.24, 2.45) is 0 Å². The summed E-state index contributed by atoms with van der Waals surface area (Å²) in [5.74, 6) is -0.604. The molecule has 0 amide bonds. The Morgan fingerprint density at radius 3 is 2.54 bits per heavy atom. The zero-order valence-corrected chi connectivity index (χ0v) is 13.2. The van der Waals surface area contributed by atoms with E-state index in [0.29, 0.717) is 5.69 Å². The Morgan fingerprint density at radius 2 is 1.88 bits per heavy atom. The van der Waals surface area contributed by atoms with Gasteiger partial charge in [0.05, 0.1) is 11.3 Å². The first kappa shape index (κ1) is 16.0. The van der Waals surface area contributed by atoms with E-state index >= 15 is 0 Å². The predicted molar refractivity (Wildman–Crippen MR) is 90.0 cm³/mol. The minimum atomic E-state index is -0.661. The van der Waals surface area contributed by atoms with Crippen molar-refractivity contribution in [1.29, 1.82) is 0 Å². The van der Waals surface area contributed by atoms with E-state index in [1.165, 1.54) is 12.3 Å². The minimum absolute atomic E-state index is 0.0708. The van der Waals surface area contributed by atoms with Gasteiger partial charge in [0, 0.05) is 12.4 Å². The summed E-state index contributed by atoms with van der Waals surface area (Å²) in [5.41, 5.74) is 1.10. The van der Waals surface area contributed by atoms with E-state index in [1.807, 2.05) is 36.4 Å². The Hall–Kier alpha value is -2.92. The second-order valence-corrected chi connectivity index (χ2v) is 5.42. The molecule has 2 aromatic heterocycles. The van der Waals surface area contributed by atoms with Gasteiger partial charge < -0.3 is 9.72 Å². The van der Waals surface area contributed by atoms with Gasteiger partial charge in [0.25, 0.3) is 5.56 Å². The summed E-state index contributed by atoms with van der Waals surface area (Å²) < 4.78 is 5.62. The molecular weight excluding hydrogens is 328 g/mol. The average Bonchev–Trinajstić information content (AvgIpc) is 2.63. The van der Waals surface area contributed by atoms with E-state index in [4.69, 9.17) is 16.3 Å². The molecule has 24 heavy (non-hydrogen) atoms. The lowest BCUT2D eigenvalue weighted by atomic mass is 10.1. The van der Waals surface area contributed by atoms with Crippen molar-refractivity contribution in [2.75, 3.05) is 0 Å². The first-order chi connectivity index (χ1) is 11.6. The molecular formula is C18H13ClN2O3. The second kappa shape index (κ2) is 7.10. The first-order valence-electron chi connectivity index (χ1n) is 7.20. The number of aromatic amines is 1. The molecule has 5 nitrogen and oxygen atoms in total. The van der Waals surface area contributed by atoms with Gasteiger partial charge in [-0.3, -0.25) is 9.78 Å². The maximum Gasteiger partial charge on any atom is 0.340 e. The van der Waals surface area contributed by atoms with Crippen molar-refractivity contribution in [3.8, 4) is 0 Å². The van der Waals surface area contributed by atoms with Gasteiger partial charge in [-0.2, -0.15) is 0 Å². The second-order valence-electron chi connectivity index (χ2n) is 5.02. The van der Waals surface area contributed by atoms with Gasteiger partial charge in [0.1, 0.15) is 5.02 Å². The van der Waals surface area contributed by atoms with Crippen LogP contribution in [0.3, 0.4) is 0 Å². The standard InChI is InChI=1S/C18H13ClN2O3/c19-14-10-13(11-21-17(14)22)18(23)24-16(12-6-2-1-3-7-12)15-8-4-5-9-20-15/h1-11,16H,(H,21,22)/t16-/m1/s1. The third-order valence-corrected chi connectivity index (χ3v) is 3.66. The predicted octanol–water partition coefficient (Wildman–Crippen LogP) is 3.37. The maximum atomic E-state index is 12.4. The topological polar surface area (TPSA) is 72.0 Å². The van der Waals surface area contributed by atoms with Crippen LogP contribution >= 0.6 is 11.6 Å². The number of carbonyl (C=O) groups is 1. The van der Waals surface area contributed by atoms with E-state index in [9.17, 15) is 9.59 Å². The fourth-order valence-electron chi connectivity index (χ4n) is 2.21. The van der Waals surface area contributed by atoms with Gasteiger partial charge in [0.2, 0.25) is 0 Å². The Bertz CT molecular complexity index is 855. The van der Waals surface area contributed by atoms with Crippen molar-refractivity contribution in [2.45, 2.75) is 6.10 Å². The summed E-state index contributed by atoms with van der Waals surface area (Å²) in [7, 11) is 0. The summed E-state index contributed by atoms with van der Waals surface area (Å²) >= 11 is 5.76. The van der Waals surface area contributed by atoms with Crippen LogP contribution < -0.4 is 5.56 Å². The van der Waals surface area contributed by atoms with Crippen LogP contribution in [-0.4, -0.2) is 15.9 Å². The smallest absolute Gasteiger partial charge is 0.340 e. The number of rotatable bonds is 4. The molecule has 3 rings (SSSR count). The number of pyridine rings is 2. The number of halogens is 1. The van der Waals surface area contributed by atoms with Gasteiger partial charge in [-0.15, -0.1) is 0 Å². The average molecular weight is 341 g/mol. The molecule has 0 spiro atoms. The summed E-state index contributed by atoms with van der Waals surface area (Å²) in [6, 6.07) is 16.0. The molecule has 6 heteroatoms. The van der Waals surface area contributed by atoms with Crippen LogP contribution in [0.4, 0.5) is 0 Å². The van der Waals surface area contributed by atoms with E-state index in [-0.39, 0.29) is 10.6 Å². The number of hydrogen-bond donors (Lipinski definition) is 1. The molecule has 0 bridgehead atoms. The molecule has 2 heterocycles. The number of hydrogen-bond acceptors (Lipinski definition) is 4. The first-order valence-corrected chi connectivity index (χ1v) is 7.58. The fourth-order valence-corrected chi connectivity index (χ4v) is 2.38. The third kappa shape index (κ3) is 3.52. The normalized spacial score (nSPS) is 11.7. The van der Waals surface area contributed by atoms with Gasteiger partial charge in [-0.25, -0.2) is 4.79 Å². The summed E-state index contributed by atoms with van der Waals surface area (Å²) in [6.45, 7) is 0. The van der Waals surface area contributed by atoms with Gasteiger partial charge in [-0.1, -0.05) is 48.0 Å². The fraction of sp³-hybridized carbons (Fsp3) is 0.0556. The van der Waals surface area contributed by atoms with Crippen molar-refractivity contribution in [3.05, 3.63) is 99.2 Å². The number of aromatic nitrogens is 2. The van der Waals surface area contributed by atoms with Crippen LogP contribution in [-0.2, 0) is 4.74 Å². The molecule has 0 saturated heterocycles. The van der Waals surface area contributed by atoms with Crippen LogP contribution in [0.5, 0.6) is 0 Å². The van der Waals surface area contributed by atoms with Crippen LogP contribution in [0.1, 0.15) is 27.7 Å². The molecule has 3 aromatic rings. The van der Waals surface area contributed by atoms with Crippen LogP contribution in [0.15, 0.2) is 71.8 Å². The molecule has 0 fully saturated rings. The number of H-pyrrole nitrogens is 1. The largest absolute Gasteiger partial charge is 0.447 e. The molecule has 0 aliphatic heterocycles. The van der Waals surface area contributed by atoms with E-state index in [2.05, 4.69) is 9.97 Å². The number of carbonyl (C=O) groups excluding carboxylic acids is 1. The number of ether oxygens (including phenoxy) is 1. The summed E-state index contributed by atoms with van der Waals surface area (Å²) in [6.07, 6.45) is 2.25. The highest BCUT2D eigenvalue weighted by molar-refractivity contribution is 6.30. The lowest BCUT2D eigenvalue weighted by Gasteiger charge is -2.18. The number of esters is 1. The molecule has 1 N–H and O–H groups in total. The van der Waals surface area contributed by atoms with E-state index in [0.717, 1.165) is 5.56 Å². The van der Waals surface area contributed by atoms with Crippen molar-refractivity contribution < 1.29 is 9.53 Å². The Kier molecular flexibility index (Phi) is 4.72. The molecule has 0 aliphatic carbocycles. The van der Waals surface area contributed by atoms with Crippen LogP contribution in [0.25, 0.3) is 0 Å². The zero-order valence-electron chi connectivity index (χ0n) is 12.5. The maximum absolute atomic E-state index is 12.4. The van der Waals surface area contributed by atoms with Crippen LogP contribution in [0.2, 0.25) is 5.02 Å². The Morgan fingerprint density at radius 1 is 1.12 bits per heavy atom. The summed E-state index contributed by atoms with van der Waals surface area (Å²) in [4.78, 5) is 30.4. The number of benzene rings is 1. The van der Waals surface area contributed by atoms with Crippen molar-refractivity contribution >= 4 is 17.6 Å². The van der Waals surface area contributed by atoms with E-state index < -0.39 is 17.6 Å². The Balaban J connectivity index is 1.93. The molecule has 0 unspecified atom stereocenters. The highest BCUT2D eigenvalue weighted by Crippen LogP contribution is 2.25. The van der Waals surface area contributed by atoms with Crippen molar-refractivity contribution in [1.82, 2.24) is 9.97 Å². The van der Waals surface area contributed by atoms with Crippen molar-refractivity contribution in [3.63, 3.8) is 0 Å². The van der Waals surface area contributed by atoms with Gasteiger partial charge in [0.15, 0.2) is 6.10 Å². The Labute approximate surface area is 142 Å².